The molecule has 2 aromatic heterocycles. The third-order valence-electron chi connectivity index (χ3n) is 6.98. The topological polar surface area (TPSA) is 176 Å². The summed E-state index contributed by atoms with van der Waals surface area (Å²) in [5, 5.41) is 13.5. The molecule has 0 aliphatic carbocycles. The quantitative estimate of drug-likeness (QED) is 0.214. The molecule has 6 atom stereocenters. The normalized spacial score (nSPS) is 26.2. The molecular formula is C26H35FN7O7P. The summed E-state index contributed by atoms with van der Waals surface area (Å²) in [7, 11) is -4.28. The molecule has 1 aromatic carbocycles. The van der Waals surface area contributed by atoms with Gasteiger partial charge in [-0.25, -0.2) is 13.9 Å². The second-order valence-electron chi connectivity index (χ2n) is 10.7. The van der Waals surface area contributed by atoms with Crippen LogP contribution in [0.15, 0.2) is 36.7 Å². The molecule has 4 N–H and O–H groups in total. The Kier molecular flexibility index (Phi) is 8.41. The fraction of sp³-hybridized carbons (Fsp3) is 0.538. The van der Waals surface area contributed by atoms with E-state index in [4.69, 9.17) is 24.3 Å². The van der Waals surface area contributed by atoms with E-state index >= 15 is 4.39 Å². The molecule has 3 aromatic rings. The Hall–Kier alpha value is -3.36. The first kappa shape index (κ1) is 30.1. The first-order valence-corrected chi connectivity index (χ1v) is 15.2. The predicted molar refractivity (Wildman–Crippen MR) is 150 cm³/mol. The van der Waals surface area contributed by atoms with Crippen molar-refractivity contribution < 1.29 is 37.4 Å². The number of nitrogens with zero attached hydrogens (tertiary/aromatic N) is 5. The minimum atomic E-state index is -4.28. The van der Waals surface area contributed by atoms with Gasteiger partial charge >= 0.3 is 13.7 Å². The van der Waals surface area contributed by atoms with Gasteiger partial charge in [-0.05, 0) is 46.2 Å². The van der Waals surface area contributed by atoms with Crippen LogP contribution in [0.4, 0.5) is 16.2 Å². The highest BCUT2D eigenvalue weighted by molar-refractivity contribution is 7.52. The number of alkyl halides is 1. The summed E-state index contributed by atoms with van der Waals surface area (Å²) in [6.45, 7) is 6.99. The third-order valence-corrected chi connectivity index (χ3v) is 8.62. The largest absolute Gasteiger partial charge is 0.462 e. The van der Waals surface area contributed by atoms with Gasteiger partial charge in [0, 0.05) is 13.1 Å². The van der Waals surface area contributed by atoms with Crippen LogP contribution < -0.4 is 20.2 Å². The number of anilines is 2. The summed E-state index contributed by atoms with van der Waals surface area (Å²) in [5.41, 5.74) is 4.28. The van der Waals surface area contributed by atoms with Crippen LogP contribution in [0.25, 0.3) is 11.2 Å². The molecule has 0 bridgehead atoms. The lowest BCUT2D eigenvalue weighted by Crippen LogP contribution is -2.41. The SMILES string of the molecule is CC(C)OC(=O)[C@H](C)NP(=O)(OC[C@H]1O[C@@H](n2cnc3c(N4CCC4)nc(N)nc32)[C@](C)(F)[C@@H]1O)Oc1ccccc1. The minimum absolute atomic E-state index is 0.0136. The fourth-order valence-electron chi connectivity index (χ4n) is 4.69. The summed E-state index contributed by atoms with van der Waals surface area (Å²) in [6.07, 6.45) is -2.43. The van der Waals surface area contributed by atoms with Gasteiger partial charge in [0.2, 0.25) is 5.95 Å². The van der Waals surface area contributed by atoms with Crippen LogP contribution in [-0.4, -0.2) is 80.3 Å². The number of carbonyl (C=O) groups is 1. The average Bonchev–Trinajstić information content (AvgIpc) is 3.39. The van der Waals surface area contributed by atoms with Crippen molar-refractivity contribution in [2.75, 3.05) is 30.3 Å². The van der Waals surface area contributed by atoms with E-state index in [0.717, 1.165) is 19.5 Å². The molecule has 2 fully saturated rings. The number of nitrogens with two attached hydrogens (primary N) is 1. The Morgan fingerprint density at radius 2 is 2.00 bits per heavy atom. The molecule has 0 spiro atoms. The van der Waals surface area contributed by atoms with Crippen molar-refractivity contribution >= 4 is 36.6 Å². The number of nitrogen functional groups attached to an aromatic ring is 1. The van der Waals surface area contributed by atoms with Gasteiger partial charge < -0.3 is 29.7 Å². The lowest BCUT2D eigenvalue weighted by atomic mass is 9.98. The van der Waals surface area contributed by atoms with Gasteiger partial charge in [0.05, 0.1) is 19.0 Å². The lowest BCUT2D eigenvalue weighted by molar-refractivity contribution is -0.149. The zero-order valence-corrected chi connectivity index (χ0v) is 24.6. The maximum absolute atomic E-state index is 16.1. The molecule has 2 aliphatic heterocycles. The van der Waals surface area contributed by atoms with E-state index in [2.05, 4.69) is 20.0 Å². The van der Waals surface area contributed by atoms with Crippen LogP contribution in [0.1, 0.15) is 40.3 Å². The lowest BCUT2D eigenvalue weighted by Gasteiger charge is -2.32. The van der Waals surface area contributed by atoms with E-state index in [1.807, 2.05) is 4.90 Å². The molecule has 14 nitrogen and oxygen atoms in total. The minimum Gasteiger partial charge on any atom is -0.462 e. The number of ether oxygens (including phenoxy) is 2. The van der Waals surface area contributed by atoms with Gasteiger partial charge in [0.1, 0.15) is 24.0 Å². The van der Waals surface area contributed by atoms with Gasteiger partial charge in [0.25, 0.3) is 0 Å². The first-order valence-electron chi connectivity index (χ1n) is 13.6. The zero-order chi connectivity index (χ0) is 30.2. The fourth-order valence-corrected chi connectivity index (χ4v) is 6.20. The first-order chi connectivity index (χ1) is 19.9. The van der Waals surface area contributed by atoms with Gasteiger partial charge in [-0.2, -0.15) is 15.1 Å². The second kappa shape index (κ2) is 11.7. The third kappa shape index (κ3) is 6.06. The van der Waals surface area contributed by atoms with Crippen molar-refractivity contribution in [3.63, 3.8) is 0 Å². The number of halogens is 1. The molecule has 2 saturated heterocycles. The molecule has 0 radical (unpaired) electrons. The molecule has 0 saturated carbocycles. The van der Waals surface area contributed by atoms with Gasteiger partial charge in [-0.1, -0.05) is 18.2 Å². The van der Waals surface area contributed by atoms with Crippen LogP contribution in [0.3, 0.4) is 0 Å². The number of para-hydroxylation sites is 1. The van der Waals surface area contributed by atoms with E-state index in [9.17, 15) is 14.5 Å². The van der Waals surface area contributed by atoms with Crippen LogP contribution in [-0.2, 0) is 23.4 Å². The number of fused-ring (bicyclic) bond motifs is 1. The van der Waals surface area contributed by atoms with Crippen LogP contribution in [0.5, 0.6) is 5.75 Å². The van der Waals surface area contributed by atoms with Gasteiger partial charge in [-0.3, -0.25) is 13.9 Å². The van der Waals surface area contributed by atoms with E-state index in [0.29, 0.717) is 11.3 Å². The molecule has 228 valence electrons. The van der Waals surface area contributed by atoms with Crippen LogP contribution >= 0.6 is 7.75 Å². The van der Waals surface area contributed by atoms with Crippen molar-refractivity contribution in [2.45, 2.75) is 70.4 Å². The molecule has 5 rings (SSSR count). The Morgan fingerprint density at radius 1 is 1.29 bits per heavy atom. The molecule has 4 heterocycles. The van der Waals surface area contributed by atoms with Crippen molar-refractivity contribution in [3.05, 3.63) is 36.7 Å². The van der Waals surface area contributed by atoms with Crippen molar-refractivity contribution in [1.29, 1.82) is 0 Å². The summed E-state index contributed by atoms with van der Waals surface area (Å²) >= 11 is 0. The number of aliphatic hydroxyl groups excluding tert-OH is 1. The van der Waals surface area contributed by atoms with E-state index in [1.165, 1.54) is 24.7 Å². The van der Waals surface area contributed by atoms with E-state index in [1.54, 1.807) is 44.2 Å². The Balaban J connectivity index is 1.37. The number of carbonyl (C=O) groups excluding carboxylic acids is 1. The van der Waals surface area contributed by atoms with Crippen LogP contribution in [0, 0.1) is 0 Å². The van der Waals surface area contributed by atoms with Crippen LogP contribution in [0.2, 0.25) is 0 Å². The van der Waals surface area contributed by atoms with Gasteiger partial charge in [0.15, 0.2) is 28.9 Å². The van der Waals surface area contributed by atoms with Crippen molar-refractivity contribution in [2.24, 2.45) is 0 Å². The maximum Gasteiger partial charge on any atom is 0.459 e. The standard InChI is InChI=1S/C26H35FN7O7P/c1-15(2)39-23(36)16(3)32-42(37,41-17-9-6-5-7-10-17)38-13-18-20(35)26(4,27)24(40-18)34-14-29-19-21(33-11-8-12-33)30-25(28)31-22(19)34/h5-7,9-10,14-16,18,20,24,35H,8,11-13H2,1-4H3,(H,32,37)(H2,28,30,31)/t16-,18+,20+,24+,26+,42?/m0/s1. The number of rotatable bonds is 11. The highest BCUT2D eigenvalue weighted by atomic mass is 31.2. The Morgan fingerprint density at radius 3 is 2.64 bits per heavy atom. The van der Waals surface area contributed by atoms with Crippen molar-refractivity contribution in [3.8, 4) is 5.75 Å². The van der Waals surface area contributed by atoms with E-state index < -0.39 is 56.6 Å². The Bertz CT molecular complexity index is 1470. The monoisotopic (exact) mass is 607 g/mol. The second-order valence-corrected chi connectivity index (χ2v) is 12.4. The summed E-state index contributed by atoms with van der Waals surface area (Å²) in [5.74, 6) is 0.0425. The summed E-state index contributed by atoms with van der Waals surface area (Å²) < 4.78 is 53.7. The Labute approximate surface area is 241 Å². The van der Waals surface area contributed by atoms with Crippen molar-refractivity contribution in [1.82, 2.24) is 24.6 Å². The van der Waals surface area contributed by atoms with E-state index in [-0.39, 0.29) is 17.3 Å². The molecule has 42 heavy (non-hydrogen) atoms. The summed E-state index contributed by atoms with van der Waals surface area (Å²) in [4.78, 5) is 27.4. The maximum atomic E-state index is 16.1. The number of nitrogens with one attached hydrogen (secondary N) is 1. The molecular weight excluding hydrogens is 572 g/mol. The number of benzene rings is 1. The number of aliphatic hydroxyl groups is 1. The predicted octanol–water partition coefficient (Wildman–Crippen LogP) is 2.74. The smallest absolute Gasteiger partial charge is 0.459 e. The highest BCUT2D eigenvalue weighted by Crippen LogP contribution is 2.48. The number of esters is 1. The number of imidazole rings is 1. The number of hydrogen-bond donors (Lipinski definition) is 3. The van der Waals surface area contributed by atoms with Gasteiger partial charge in [-0.15, -0.1) is 0 Å². The summed E-state index contributed by atoms with van der Waals surface area (Å²) in [6, 6.07) is 7.09. The zero-order valence-electron chi connectivity index (χ0n) is 23.7. The molecule has 16 heteroatoms. The number of aromatic nitrogens is 4. The average molecular weight is 608 g/mol. The molecule has 1 unspecified atom stereocenters. The molecule has 0 amide bonds. The highest BCUT2D eigenvalue weighted by Gasteiger charge is 2.56. The molecule has 2 aliphatic rings. The number of hydrogen-bond acceptors (Lipinski definition) is 12.